The molecule has 0 radical (unpaired) electrons. The highest BCUT2D eigenvalue weighted by molar-refractivity contribution is 5.78. The molecule has 38 heavy (non-hydrogen) atoms. The minimum absolute atomic E-state index is 0.0756. The zero-order valence-electron chi connectivity index (χ0n) is 24.0. The number of aliphatic hydroxyl groups excluding tert-OH is 1. The molecule has 0 aromatic heterocycles. The number of amides is 1. The van der Waals surface area contributed by atoms with E-state index in [9.17, 15) is 18.7 Å². The fourth-order valence-electron chi connectivity index (χ4n) is 3.06. The highest BCUT2D eigenvalue weighted by atomic mass is 19.1. The van der Waals surface area contributed by atoms with Gasteiger partial charge in [-0.2, -0.15) is 0 Å². The molecule has 1 unspecified atom stereocenters. The Hall–Kier alpha value is -2.87. The summed E-state index contributed by atoms with van der Waals surface area (Å²) in [4.78, 5) is 12.1. The van der Waals surface area contributed by atoms with Crippen LogP contribution < -0.4 is 16.4 Å². The van der Waals surface area contributed by atoms with Gasteiger partial charge in [0.05, 0.1) is 18.6 Å². The average Bonchev–Trinajstić information content (AvgIpc) is 2.95. The van der Waals surface area contributed by atoms with Gasteiger partial charge in [-0.05, 0) is 55.7 Å². The Morgan fingerprint density at radius 3 is 2.21 bits per heavy atom. The molecule has 5 N–H and O–H groups in total. The van der Waals surface area contributed by atoms with Gasteiger partial charge in [-0.15, -0.1) is 0 Å². The second kappa shape index (κ2) is 25.8. The third kappa shape index (κ3) is 19.3. The van der Waals surface area contributed by atoms with Crippen LogP contribution in [0.4, 0.5) is 8.78 Å². The van der Waals surface area contributed by atoms with E-state index in [0.717, 1.165) is 24.5 Å². The second-order valence-corrected chi connectivity index (χ2v) is 7.94. The molecule has 2 rings (SSSR count). The number of hydrogen-bond acceptors (Lipinski definition) is 4. The van der Waals surface area contributed by atoms with Gasteiger partial charge in [0.2, 0.25) is 5.91 Å². The van der Waals surface area contributed by atoms with Crippen LogP contribution in [-0.4, -0.2) is 43.4 Å². The maximum absolute atomic E-state index is 12.1. The molecule has 0 spiro atoms. The first kappa shape index (κ1) is 37.3. The zero-order chi connectivity index (χ0) is 29.2. The number of hydrogen-bond donors (Lipinski definition) is 4. The van der Waals surface area contributed by atoms with Crippen LogP contribution in [0.25, 0.3) is 0 Å². The number of halogens is 2. The minimum atomic E-state index is -0.736. The van der Waals surface area contributed by atoms with Crippen LogP contribution in [0.3, 0.4) is 0 Å². The molecule has 7 heteroatoms. The predicted molar refractivity (Wildman–Crippen MR) is 157 cm³/mol. The standard InChI is InChI=1S/C21H28N2O2.C7H10F2.C2H6.CH5N/c1-3-17-10-7-11-19(12-17)14-22-15-20(24)16(2)23-21(25)13-18-8-5-4-6-9-18;1-2-3-4-7(9)5-6-8;2*1-2/h4-12,16,20,22,24H,3,13-15H2,1-2H3,(H,23,25);3-5H,2,6H2,1H3;1-2H3;2H2,1H3/b;4-3-,7-5+;;/t16-,20?;;;/m0.../s1. The van der Waals surface area contributed by atoms with E-state index >= 15 is 0 Å². The third-order valence-electron chi connectivity index (χ3n) is 5.04. The molecular weight excluding hydrogens is 484 g/mol. The van der Waals surface area contributed by atoms with Crippen LogP contribution in [0, 0.1) is 0 Å². The number of aliphatic hydroxyl groups is 1. The number of aryl methyl sites for hydroxylation is 1. The van der Waals surface area contributed by atoms with Crippen LogP contribution >= 0.6 is 0 Å². The van der Waals surface area contributed by atoms with Gasteiger partial charge in [-0.1, -0.05) is 88.4 Å². The summed E-state index contributed by atoms with van der Waals surface area (Å²) in [7, 11) is 1.50. The number of allylic oxidation sites excluding steroid dienone is 4. The quantitative estimate of drug-likeness (QED) is 0.259. The van der Waals surface area contributed by atoms with Gasteiger partial charge in [0, 0.05) is 13.1 Å². The molecule has 0 saturated carbocycles. The summed E-state index contributed by atoms with van der Waals surface area (Å²) in [6, 6.07) is 17.7. The Kier molecular flexibility index (Phi) is 25.3. The van der Waals surface area contributed by atoms with Crippen LogP contribution in [-0.2, 0) is 24.2 Å². The monoisotopic (exact) mass is 533 g/mol. The molecular formula is C31H49F2N3O2. The molecule has 5 nitrogen and oxygen atoms in total. The first-order chi connectivity index (χ1) is 18.4. The summed E-state index contributed by atoms with van der Waals surface area (Å²) in [6.45, 7) is 10.3. The summed E-state index contributed by atoms with van der Waals surface area (Å²) in [5.74, 6) is -0.576. The van der Waals surface area contributed by atoms with Crippen LogP contribution in [0.1, 0.15) is 57.7 Å². The van der Waals surface area contributed by atoms with Crippen molar-refractivity contribution in [2.75, 3.05) is 20.3 Å². The lowest BCUT2D eigenvalue weighted by atomic mass is 10.1. The van der Waals surface area contributed by atoms with Gasteiger partial charge in [-0.3, -0.25) is 4.79 Å². The smallest absolute Gasteiger partial charge is 0.224 e. The lowest BCUT2D eigenvalue weighted by Crippen LogP contribution is -2.46. The molecule has 0 bridgehead atoms. The van der Waals surface area contributed by atoms with Gasteiger partial charge < -0.3 is 21.5 Å². The summed E-state index contributed by atoms with van der Waals surface area (Å²) in [5, 5.41) is 16.4. The van der Waals surface area contributed by atoms with Gasteiger partial charge in [-0.25, -0.2) is 8.78 Å². The van der Waals surface area contributed by atoms with Crippen molar-refractivity contribution in [1.29, 1.82) is 0 Å². The number of alkyl halides is 1. The van der Waals surface area contributed by atoms with E-state index in [1.807, 2.05) is 58.0 Å². The lowest BCUT2D eigenvalue weighted by molar-refractivity contribution is -0.121. The highest BCUT2D eigenvalue weighted by Crippen LogP contribution is 2.06. The maximum atomic E-state index is 12.1. The molecule has 0 aliphatic rings. The Bertz CT molecular complexity index is 890. The van der Waals surface area contributed by atoms with E-state index in [1.165, 1.54) is 24.3 Å². The summed E-state index contributed by atoms with van der Waals surface area (Å²) in [5.41, 5.74) is 7.98. The fourth-order valence-corrected chi connectivity index (χ4v) is 3.06. The summed E-state index contributed by atoms with van der Waals surface area (Å²) < 4.78 is 23.4. The zero-order valence-corrected chi connectivity index (χ0v) is 24.0. The number of benzene rings is 2. The normalized spacial score (nSPS) is 12.1. The number of nitrogens with two attached hydrogens (primary N) is 1. The van der Waals surface area contributed by atoms with E-state index in [4.69, 9.17) is 0 Å². The molecule has 2 atom stereocenters. The van der Waals surface area contributed by atoms with Crippen LogP contribution in [0.5, 0.6) is 0 Å². The lowest BCUT2D eigenvalue weighted by Gasteiger charge is -2.21. The molecule has 2 aromatic rings. The van der Waals surface area contributed by atoms with E-state index in [2.05, 4.69) is 47.6 Å². The Morgan fingerprint density at radius 1 is 1.03 bits per heavy atom. The molecule has 1 amide bonds. The van der Waals surface area contributed by atoms with E-state index < -0.39 is 18.6 Å². The molecule has 0 aliphatic carbocycles. The summed E-state index contributed by atoms with van der Waals surface area (Å²) in [6.07, 6.45) is 5.28. The average molecular weight is 534 g/mol. The number of carbonyl (C=O) groups is 1. The molecule has 214 valence electrons. The van der Waals surface area contributed by atoms with E-state index in [0.29, 0.717) is 19.5 Å². The first-order valence-electron chi connectivity index (χ1n) is 13.3. The number of rotatable bonds is 12. The highest BCUT2D eigenvalue weighted by Gasteiger charge is 2.16. The van der Waals surface area contributed by atoms with Crippen LogP contribution in [0.2, 0.25) is 0 Å². The van der Waals surface area contributed by atoms with Crippen molar-refractivity contribution in [1.82, 2.24) is 10.6 Å². The van der Waals surface area contributed by atoms with Gasteiger partial charge in [0.1, 0.15) is 12.5 Å². The molecule has 0 heterocycles. The van der Waals surface area contributed by atoms with Crippen molar-refractivity contribution < 1.29 is 18.7 Å². The molecule has 0 saturated heterocycles. The molecule has 0 fully saturated rings. The predicted octanol–water partition coefficient (Wildman–Crippen LogP) is 5.82. The second-order valence-electron chi connectivity index (χ2n) is 7.94. The van der Waals surface area contributed by atoms with Gasteiger partial charge >= 0.3 is 0 Å². The fraction of sp³-hybridized carbons (Fsp3) is 0.452. The SMILES string of the molecule is CC.CC/C=C\C(F)=C/CF.CCc1cccc(CNCC(O)[C@H](C)NC(=O)Cc2ccccc2)c1.CN. The van der Waals surface area contributed by atoms with Crippen molar-refractivity contribution in [2.24, 2.45) is 5.73 Å². The van der Waals surface area contributed by atoms with Crippen molar-refractivity contribution in [3.05, 3.63) is 95.3 Å². The first-order valence-corrected chi connectivity index (χ1v) is 13.3. The van der Waals surface area contributed by atoms with Gasteiger partial charge in [0.15, 0.2) is 0 Å². The molecule has 2 aromatic carbocycles. The van der Waals surface area contributed by atoms with Crippen molar-refractivity contribution in [3.63, 3.8) is 0 Å². The van der Waals surface area contributed by atoms with E-state index in [1.54, 1.807) is 6.08 Å². The van der Waals surface area contributed by atoms with Crippen molar-refractivity contribution >= 4 is 5.91 Å². The number of nitrogens with one attached hydrogen (secondary N) is 2. The third-order valence-corrected chi connectivity index (χ3v) is 5.04. The maximum Gasteiger partial charge on any atom is 0.224 e. The van der Waals surface area contributed by atoms with Gasteiger partial charge in [0.25, 0.3) is 0 Å². The Labute approximate surface area is 229 Å². The molecule has 0 aliphatic heterocycles. The summed E-state index contributed by atoms with van der Waals surface area (Å²) >= 11 is 0. The Morgan fingerprint density at radius 2 is 1.63 bits per heavy atom. The topological polar surface area (TPSA) is 87.4 Å². The van der Waals surface area contributed by atoms with Crippen molar-refractivity contribution in [2.45, 2.75) is 72.6 Å². The number of carbonyl (C=O) groups excluding carboxylic acids is 1. The van der Waals surface area contributed by atoms with Crippen molar-refractivity contribution in [3.8, 4) is 0 Å². The Balaban J connectivity index is 0. The minimum Gasteiger partial charge on any atom is -0.390 e. The largest absolute Gasteiger partial charge is 0.390 e. The van der Waals surface area contributed by atoms with Crippen LogP contribution in [0.15, 0.2) is 78.7 Å². The van der Waals surface area contributed by atoms with E-state index in [-0.39, 0.29) is 11.9 Å².